The van der Waals surface area contributed by atoms with Gasteiger partial charge in [-0.1, -0.05) is 30.3 Å². The molecule has 1 rings (SSSR count). The van der Waals surface area contributed by atoms with Crippen LogP contribution in [0, 0.1) is 0 Å². The number of benzene rings is 1. The maximum absolute atomic E-state index is 9.54. The largest absolute Gasteiger partial charge is 0.345 e. The SMILES string of the molecule is C[NH2+]Cc1ccccc1.FSF. The lowest BCUT2D eigenvalue weighted by Gasteiger charge is -1.93. The molecule has 0 amide bonds. The van der Waals surface area contributed by atoms with Crippen LogP contribution in [0.1, 0.15) is 5.56 Å². The molecule has 0 aliphatic rings. The Labute approximate surface area is 75.8 Å². The molecule has 1 aromatic carbocycles. The molecule has 0 aromatic heterocycles. The minimum Gasteiger partial charge on any atom is -0.345 e. The van der Waals surface area contributed by atoms with E-state index in [1.807, 2.05) is 6.07 Å². The Morgan fingerprint density at radius 3 is 2.17 bits per heavy atom. The molecule has 0 aliphatic carbocycles. The van der Waals surface area contributed by atoms with E-state index in [0.717, 1.165) is 6.54 Å². The summed E-state index contributed by atoms with van der Waals surface area (Å²) >= 11 is -1.25. The van der Waals surface area contributed by atoms with E-state index in [1.165, 1.54) is 5.56 Å². The molecule has 0 aliphatic heterocycles. The first-order chi connectivity index (χ1) is 5.85. The molecule has 0 unspecified atom stereocenters. The lowest BCUT2D eigenvalue weighted by Crippen LogP contribution is -2.77. The van der Waals surface area contributed by atoms with Crippen molar-refractivity contribution in [1.29, 1.82) is 0 Å². The third-order valence-electron chi connectivity index (χ3n) is 1.28. The van der Waals surface area contributed by atoms with Gasteiger partial charge < -0.3 is 5.32 Å². The second-order valence-electron chi connectivity index (χ2n) is 2.16. The highest BCUT2D eigenvalue weighted by Gasteiger charge is 1.86. The Balaban J connectivity index is 0.000000354. The Kier molecular flexibility index (Phi) is 8.05. The predicted molar refractivity (Wildman–Crippen MR) is 47.8 cm³/mol. The van der Waals surface area contributed by atoms with Crippen LogP contribution in [-0.2, 0) is 6.54 Å². The van der Waals surface area contributed by atoms with Crippen molar-refractivity contribution in [2.45, 2.75) is 6.54 Å². The Morgan fingerprint density at radius 2 is 1.75 bits per heavy atom. The van der Waals surface area contributed by atoms with Gasteiger partial charge in [-0.3, -0.25) is 0 Å². The van der Waals surface area contributed by atoms with E-state index in [4.69, 9.17) is 0 Å². The number of halogens is 2. The van der Waals surface area contributed by atoms with Crippen LogP contribution in [0.3, 0.4) is 0 Å². The maximum atomic E-state index is 9.54. The summed E-state index contributed by atoms with van der Waals surface area (Å²) in [5.41, 5.74) is 1.39. The first-order valence-electron chi connectivity index (χ1n) is 3.56. The fourth-order valence-corrected chi connectivity index (χ4v) is 0.850. The quantitative estimate of drug-likeness (QED) is 0.756. The molecule has 0 atom stereocenters. The smallest absolute Gasteiger partial charge is 0.255 e. The molecule has 2 N–H and O–H groups in total. The van der Waals surface area contributed by atoms with Crippen LogP contribution in [0.4, 0.5) is 7.77 Å². The van der Waals surface area contributed by atoms with Gasteiger partial charge in [-0.05, 0) is 0 Å². The van der Waals surface area contributed by atoms with Crippen molar-refractivity contribution in [3.63, 3.8) is 0 Å². The third-order valence-corrected chi connectivity index (χ3v) is 1.28. The standard InChI is InChI=1S/C8H11N.F2S/c1-9-7-8-5-3-2-4-6-8;1-3-2/h2-6,9H,7H2,1H3;/p+1. The van der Waals surface area contributed by atoms with Crippen LogP contribution in [0.15, 0.2) is 30.3 Å². The summed E-state index contributed by atoms with van der Waals surface area (Å²) in [6.45, 7) is 1.08. The van der Waals surface area contributed by atoms with Crippen molar-refractivity contribution in [3.05, 3.63) is 35.9 Å². The highest BCUT2D eigenvalue weighted by atomic mass is 32.2. The van der Waals surface area contributed by atoms with Gasteiger partial charge in [0, 0.05) is 5.56 Å². The second kappa shape index (κ2) is 8.49. The summed E-state index contributed by atoms with van der Waals surface area (Å²) in [6, 6.07) is 10.5. The summed E-state index contributed by atoms with van der Waals surface area (Å²) in [5, 5.41) is 2.16. The van der Waals surface area contributed by atoms with Gasteiger partial charge in [0.2, 0.25) is 0 Å². The molecule has 0 spiro atoms. The fraction of sp³-hybridized carbons (Fsp3) is 0.250. The van der Waals surface area contributed by atoms with E-state index in [-0.39, 0.29) is 0 Å². The first kappa shape index (κ1) is 11.4. The monoisotopic (exact) mass is 192 g/mol. The number of hydrogen-bond acceptors (Lipinski definition) is 1. The molecule has 1 nitrogen and oxygen atoms in total. The average molecular weight is 192 g/mol. The van der Waals surface area contributed by atoms with Gasteiger partial charge in [0.25, 0.3) is 12.5 Å². The van der Waals surface area contributed by atoms with Crippen LogP contribution in [0.2, 0.25) is 0 Å². The van der Waals surface area contributed by atoms with E-state index in [0.29, 0.717) is 0 Å². The zero-order chi connectivity index (χ0) is 9.23. The van der Waals surface area contributed by atoms with Crippen LogP contribution >= 0.6 is 12.5 Å². The van der Waals surface area contributed by atoms with Crippen LogP contribution in [0.25, 0.3) is 0 Å². The predicted octanol–water partition coefficient (Wildman–Crippen LogP) is 1.87. The van der Waals surface area contributed by atoms with Crippen molar-refractivity contribution < 1.29 is 13.1 Å². The van der Waals surface area contributed by atoms with Gasteiger partial charge in [0.1, 0.15) is 6.54 Å². The zero-order valence-electron chi connectivity index (χ0n) is 6.84. The van der Waals surface area contributed by atoms with Crippen LogP contribution in [-0.4, -0.2) is 7.05 Å². The topological polar surface area (TPSA) is 16.6 Å². The van der Waals surface area contributed by atoms with E-state index >= 15 is 0 Å². The average Bonchev–Trinajstić information content (AvgIpc) is 2.08. The molecule has 0 radical (unpaired) electrons. The van der Waals surface area contributed by atoms with Crippen molar-refractivity contribution >= 4 is 12.5 Å². The Hall–Kier alpha value is -0.610. The third kappa shape index (κ3) is 6.12. The lowest BCUT2D eigenvalue weighted by molar-refractivity contribution is -0.643. The number of rotatable bonds is 2. The minimum absolute atomic E-state index is 1.08. The maximum Gasteiger partial charge on any atom is 0.255 e. The highest BCUT2D eigenvalue weighted by Crippen LogP contribution is 1.95. The molecular weight excluding hydrogens is 180 g/mol. The molecule has 0 fully saturated rings. The molecule has 0 heterocycles. The zero-order valence-corrected chi connectivity index (χ0v) is 7.65. The van der Waals surface area contributed by atoms with E-state index < -0.39 is 12.5 Å². The molecule has 68 valence electrons. The molecule has 0 bridgehead atoms. The second-order valence-corrected chi connectivity index (χ2v) is 2.27. The van der Waals surface area contributed by atoms with Crippen LogP contribution < -0.4 is 5.32 Å². The van der Waals surface area contributed by atoms with Gasteiger partial charge in [-0.15, -0.1) is 7.77 Å². The van der Waals surface area contributed by atoms with Crippen LogP contribution in [0.5, 0.6) is 0 Å². The van der Waals surface area contributed by atoms with Crippen molar-refractivity contribution in [1.82, 2.24) is 0 Å². The summed E-state index contributed by atoms with van der Waals surface area (Å²) in [4.78, 5) is 0. The normalized spacial score (nSPS) is 8.58. The molecule has 0 saturated carbocycles. The molecule has 1 aromatic rings. The van der Waals surface area contributed by atoms with Gasteiger partial charge >= 0.3 is 0 Å². The minimum atomic E-state index is -1.25. The Morgan fingerprint density at radius 1 is 1.25 bits per heavy atom. The molecule has 0 saturated heterocycles. The first-order valence-corrected chi connectivity index (χ1v) is 4.18. The van der Waals surface area contributed by atoms with Gasteiger partial charge in [0.05, 0.1) is 7.05 Å². The molecule has 4 heteroatoms. The summed E-state index contributed by atoms with van der Waals surface area (Å²) in [6.07, 6.45) is 0. The Bertz CT molecular complexity index is 182. The van der Waals surface area contributed by atoms with Crippen molar-refractivity contribution in [3.8, 4) is 0 Å². The number of nitrogens with two attached hydrogens (primary N) is 1. The van der Waals surface area contributed by atoms with E-state index in [2.05, 4.69) is 36.6 Å². The lowest BCUT2D eigenvalue weighted by atomic mass is 10.2. The van der Waals surface area contributed by atoms with Gasteiger partial charge in [-0.2, -0.15) is 0 Å². The van der Waals surface area contributed by atoms with E-state index in [1.54, 1.807) is 0 Å². The fourth-order valence-electron chi connectivity index (χ4n) is 0.850. The molecular formula is C8H12F2NS+. The number of quaternary nitrogens is 1. The van der Waals surface area contributed by atoms with E-state index in [9.17, 15) is 7.77 Å². The van der Waals surface area contributed by atoms with Crippen molar-refractivity contribution in [2.75, 3.05) is 7.05 Å². The summed E-state index contributed by atoms with van der Waals surface area (Å²) < 4.78 is 19.1. The highest BCUT2D eigenvalue weighted by molar-refractivity contribution is 7.89. The van der Waals surface area contributed by atoms with Gasteiger partial charge in [-0.25, -0.2) is 0 Å². The summed E-state index contributed by atoms with van der Waals surface area (Å²) in [5.74, 6) is 0. The van der Waals surface area contributed by atoms with Crippen molar-refractivity contribution in [2.24, 2.45) is 0 Å². The molecule has 12 heavy (non-hydrogen) atoms. The van der Waals surface area contributed by atoms with Gasteiger partial charge in [0.15, 0.2) is 0 Å². The number of hydrogen-bond donors (Lipinski definition) is 1. The summed E-state index contributed by atoms with van der Waals surface area (Å²) in [7, 11) is 2.08.